The Bertz CT molecular complexity index is 370. The van der Waals surface area contributed by atoms with Crippen LogP contribution in [-0.2, 0) is 0 Å². The number of rotatable bonds is 8. The molecule has 108 valence electrons. The lowest BCUT2D eigenvalue weighted by Gasteiger charge is -2.23. The van der Waals surface area contributed by atoms with Gasteiger partial charge in [-0.15, -0.1) is 0 Å². The molecule has 0 heterocycles. The number of hydrogen-bond acceptors (Lipinski definition) is 2. The molecule has 1 N–H and O–H groups in total. The molecule has 0 aliphatic rings. The van der Waals surface area contributed by atoms with Gasteiger partial charge in [0.2, 0.25) is 0 Å². The largest absolute Gasteiger partial charge is 0.388 e. The van der Waals surface area contributed by atoms with Crippen molar-refractivity contribution in [1.82, 2.24) is 4.90 Å². The first kappa shape index (κ1) is 16.2. The first-order chi connectivity index (χ1) is 9.08. The normalized spacial score (nSPS) is 12.9. The molecular formula is C17H29NO. The first-order valence-corrected chi connectivity index (χ1v) is 7.56. The van der Waals surface area contributed by atoms with Crippen molar-refractivity contribution < 1.29 is 5.11 Å². The van der Waals surface area contributed by atoms with Crippen LogP contribution in [0.2, 0.25) is 0 Å². The summed E-state index contributed by atoms with van der Waals surface area (Å²) in [5.41, 5.74) is 3.54. The fourth-order valence-corrected chi connectivity index (χ4v) is 2.63. The van der Waals surface area contributed by atoms with Crippen molar-refractivity contribution >= 4 is 0 Å². The van der Waals surface area contributed by atoms with Crippen molar-refractivity contribution in [2.24, 2.45) is 0 Å². The Kier molecular flexibility index (Phi) is 7.11. The maximum Gasteiger partial charge on any atom is 0.0804 e. The Morgan fingerprint density at radius 2 is 1.68 bits per heavy atom. The molecule has 1 atom stereocenters. The summed E-state index contributed by atoms with van der Waals surface area (Å²) >= 11 is 0. The number of nitrogens with zero attached hydrogens (tertiary/aromatic N) is 1. The van der Waals surface area contributed by atoms with Crippen molar-refractivity contribution in [3.05, 3.63) is 34.9 Å². The summed E-state index contributed by atoms with van der Waals surface area (Å²) in [7, 11) is 0. The lowest BCUT2D eigenvalue weighted by atomic mass is 9.99. The van der Waals surface area contributed by atoms with E-state index in [-0.39, 0.29) is 6.10 Å². The van der Waals surface area contributed by atoms with Crippen LogP contribution < -0.4 is 0 Å². The third kappa shape index (κ3) is 5.33. The van der Waals surface area contributed by atoms with Crippen LogP contribution in [0, 0.1) is 13.8 Å². The first-order valence-electron chi connectivity index (χ1n) is 7.56. The van der Waals surface area contributed by atoms with Gasteiger partial charge in [0.15, 0.2) is 0 Å². The van der Waals surface area contributed by atoms with Gasteiger partial charge in [0, 0.05) is 6.54 Å². The SMILES string of the molecule is CCCN(CCC)CCC(O)c1ccc(C)cc1C. The van der Waals surface area contributed by atoms with Crippen molar-refractivity contribution in [2.75, 3.05) is 19.6 Å². The van der Waals surface area contributed by atoms with Gasteiger partial charge in [0.05, 0.1) is 6.10 Å². The van der Waals surface area contributed by atoms with E-state index >= 15 is 0 Å². The fraction of sp³-hybridized carbons (Fsp3) is 0.647. The molecule has 0 fully saturated rings. The maximum absolute atomic E-state index is 10.4. The van der Waals surface area contributed by atoms with Crippen LogP contribution >= 0.6 is 0 Å². The van der Waals surface area contributed by atoms with Gasteiger partial charge in [-0.05, 0) is 57.3 Å². The second-order valence-corrected chi connectivity index (χ2v) is 5.51. The predicted octanol–water partition coefficient (Wildman–Crippen LogP) is 3.85. The van der Waals surface area contributed by atoms with E-state index in [2.05, 4.69) is 50.8 Å². The van der Waals surface area contributed by atoms with Crippen LogP contribution in [0.5, 0.6) is 0 Å². The van der Waals surface area contributed by atoms with E-state index in [1.54, 1.807) is 0 Å². The van der Waals surface area contributed by atoms with E-state index in [1.807, 2.05) is 0 Å². The average Bonchev–Trinajstić information content (AvgIpc) is 2.36. The summed E-state index contributed by atoms with van der Waals surface area (Å²) in [5.74, 6) is 0. The molecule has 1 aromatic rings. The molecule has 19 heavy (non-hydrogen) atoms. The third-order valence-electron chi connectivity index (χ3n) is 3.58. The minimum absolute atomic E-state index is 0.336. The highest BCUT2D eigenvalue weighted by Gasteiger charge is 2.12. The highest BCUT2D eigenvalue weighted by Crippen LogP contribution is 2.22. The molecule has 2 nitrogen and oxygen atoms in total. The average molecular weight is 263 g/mol. The molecule has 0 aliphatic carbocycles. The van der Waals surface area contributed by atoms with Gasteiger partial charge in [0.1, 0.15) is 0 Å². The number of aryl methyl sites for hydroxylation is 2. The Labute approximate surface area is 118 Å². The van der Waals surface area contributed by atoms with E-state index in [1.165, 1.54) is 24.0 Å². The molecule has 0 radical (unpaired) electrons. The number of hydrogen-bond donors (Lipinski definition) is 1. The van der Waals surface area contributed by atoms with Crippen LogP contribution in [0.4, 0.5) is 0 Å². The van der Waals surface area contributed by atoms with Crippen molar-refractivity contribution in [1.29, 1.82) is 0 Å². The minimum Gasteiger partial charge on any atom is -0.388 e. The molecule has 0 saturated carbocycles. The molecule has 2 heteroatoms. The van der Waals surface area contributed by atoms with Crippen LogP contribution in [0.3, 0.4) is 0 Å². The van der Waals surface area contributed by atoms with E-state index < -0.39 is 0 Å². The zero-order chi connectivity index (χ0) is 14.3. The predicted molar refractivity (Wildman–Crippen MR) is 82.5 cm³/mol. The van der Waals surface area contributed by atoms with Gasteiger partial charge in [-0.3, -0.25) is 0 Å². The van der Waals surface area contributed by atoms with Crippen LogP contribution in [-0.4, -0.2) is 29.6 Å². The fourth-order valence-electron chi connectivity index (χ4n) is 2.63. The van der Waals surface area contributed by atoms with Crippen molar-refractivity contribution in [2.45, 2.75) is 53.1 Å². The minimum atomic E-state index is -0.336. The summed E-state index contributed by atoms with van der Waals surface area (Å²) in [6.45, 7) is 11.8. The smallest absolute Gasteiger partial charge is 0.0804 e. The van der Waals surface area contributed by atoms with E-state index in [4.69, 9.17) is 0 Å². The summed E-state index contributed by atoms with van der Waals surface area (Å²) in [6.07, 6.45) is 2.85. The lowest BCUT2D eigenvalue weighted by Crippen LogP contribution is -2.27. The monoisotopic (exact) mass is 263 g/mol. The molecule has 0 aromatic heterocycles. The molecule has 1 rings (SSSR count). The van der Waals surface area contributed by atoms with E-state index in [0.717, 1.165) is 31.6 Å². The van der Waals surface area contributed by atoms with Crippen LogP contribution in [0.25, 0.3) is 0 Å². The lowest BCUT2D eigenvalue weighted by molar-refractivity contribution is 0.141. The molecule has 0 amide bonds. The number of aliphatic hydroxyl groups excluding tert-OH is 1. The summed E-state index contributed by atoms with van der Waals surface area (Å²) < 4.78 is 0. The molecule has 1 unspecified atom stereocenters. The number of aliphatic hydroxyl groups is 1. The van der Waals surface area contributed by atoms with Gasteiger partial charge in [0.25, 0.3) is 0 Å². The Hall–Kier alpha value is -0.860. The molecular weight excluding hydrogens is 234 g/mol. The standard InChI is InChI=1S/C17H29NO/c1-5-10-18(11-6-2)12-9-17(19)16-8-7-14(3)13-15(16)4/h7-8,13,17,19H,5-6,9-12H2,1-4H3. The third-order valence-corrected chi connectivity index (χ3v) is 3.58. The topological polar surface area (TPSA) is 23.5 Å². The quantitative estimate of drug-likeness (QED) is 0.770. The van der Waals surface area contributed by atoms with Gasteiger partial charge >= 0.3 is 0 Å². The highest BCUT2D eigenvalue weighted by molar-refractivity contribution is 5.31. The van der Waals surface area contributed by atoms with Crippen LogP contribution in [0.15, 0.2) is 18.2 Å². The van der Waals surface area contributed by atoms with Gasteiger partial charge in [-0.1, -0.05) is 37.6 Å². The van der Waals surface area contributed by atoms with Gasteiger partial charge < -0.3 is 10.0 Å². The zero-order valence-corrected chi connectivity index (χ0v) is 12.9. The molecule has 0 bridgehead atoms. The molecule has 1 aromatic carbocycles. The van der Waals surface area contributed by atoms with Crippen LogP contribution in [0.1, 0.15) is 55.9 Å². The molecule has 0 spiro atoms. The summed E-state index contributed by atoms with van der Waals surface area (Å²) in [5, 5.41) is 10.4. The van der Waals surface area contributed by atoms with Crippen molar-refractivity contribution in [3.8, 4) is 0 Å². The number of benzene rings is 1. The van der Waals surface area contributed by atoms with E-state index in [9.17, 15) is 5.11 Å². The highest BCUT2D eigenvalue weighted by atomic mass is 16.3. The molecule has 0 aliphatic heterocycles. The Morgan fingerprint density at radius 3 is 2.21 bits per heavy atom. The van der Waals surface area contributed by atoms with Crippen molar-refractivity contribution in [3.63, 3.8) is 0 Å². The summed E-state index contributed by atoms with van der Waals surface area (Å²) in [4.78, 5) is 2.45. The van der Waals surface area contributed by atoms with Gasteiger partial charge in [-0.25, -0.2) is 0 Å². The van der Waals surface area contributed by atoms with E-state index in [0.29, 0.717) is 0 Å². The zero-order valence-electron chi connectivity index (χ0n) is 12.9. The maximum atomic E-state index is 10.4. The summed E-state index contributed by atoms with van der Waals surface area (Å²) in [6, 6.07) is 6.30. The Balaban J connectivity index is 2.55. The molecule has 0 saturated heterocycles. The second kappa shape index (κ2) is 8.34. The van der Waals surface area contributed by atoms with Gasteiger partial charge in [-0.2, -0.15) is 0 Å². The second-order valence-electron chi connectivity index (χ2n) is 5.51. The Morgan fingerprint density at radius 1 is 1.05 bits per heavy atom.